The van der Waals surface area contributed by atoms with Gasteiger partial charge in [0.05, 0.1) is 4.92 Å². The quantitative estimate of drug-likeness (QED) is 0.666. The third kappa shape index (κ3) is 1.70. The lowest BCUT2D eigenvalue weighted by Gasteiger charge is -2.02. The molecule has 2 aromatic rings. The highest BCUT2D eigenvalue weighted by Crippen LogP contribution is 2.46. The van der Waals surface area contributed by atoms with Crippen molar-refractivity contribution in [3.8, 4) is 0 Å². The van der Waals surface area contributed by atoms with Crippen LogP contribution in [0.5, 0.6) is 0 Å². The number of non-ortho nitro benzene ring substituents is 1. The Morgan fingerprint density at radius 3 is 2.89 bits per heavy atom. The second kappa shape index (κ2) is 3.44. The van der Waals surface area contributed by atoms with Crippen molar-refractivity contribution in [3.05, 3.63) is 28.3 Å². The molecule has 1 fully saturated rings. The normalized spacial score (nSPS) is 20.9. The number of nitro groups is 1. The largest absolute Gasteiger partial charge is 0.423 e. The number of aromatic nitrogens is 1. The van der Waals surface area contributed by atoms with E-state index in [2.05, 4.69) is 24.1 Å². The van der Waals surface area contributed by atoms with E-state index in [0.29, 0.717) is 23.2 Å². The van der Waals surface area contributed by atoms with Crippen LogP contribution in [0.3, 0.4) is 0 Å². The first-order valence-electron chi connectivity index (χ1n) is 5.78. The van der Waals surface area contributed by atoms with Crippen molar-refractivity contribution in [1.82, 2.24) is 4.98 Å². The summed E-state index contributed by atoms with van der Waals surface area (Å²) in [7, 11) is 0. The number of fused-ring (bicyclic) bond motifs is 1. The lowest BCUT2D eigenvalue weighted by atomic mass is 10.2. The molecule has 1 aliphatic carbocycles. The molecule has 1 N–H and O–H groups in total. The average Bonchev–Trinajstić information content (AvgIpc) is 2.73. The van der Waals surface area contributed by atoms with Crippen molar-refractivity contribution in [3.63, 3.8) is 0 Å². The van der Waals surface area contributed by atoms with Gasteiger partial charge in [0, 0.05) is 12.1 Å². The van der Waals surface area contributed by atoms with Crippen LogP contribution in [-0.2, 0) is 0 Å². The molecule has 0 radical (unpaired) electrons. The second-order valence-electron chi connectivity index (χ2n) is 5.29. The topological polar surface area (TPSA) is 81.2 Å². The van der Waals surface area contributed by atoms with Crippen molar-refractivity contribution in [2.45, 2.75) is 26.3 Å². The van der Waals surface area contributed by atoms with Crippen LogP contribution in [0.4, 0.5) is 11.7 Å². The van der Waals surface area contributed by atoms with Gasteiger partial charge in [-0.15, -0.1) is 0 Å². The summed E-state index contributed by atoms with van der Waals surface area (Å²) in [4.78, 5) is 14.6. The van der Waals surface area contributed by atoms with E-state index in [1.54, 1.807) is 12.1 Å². The molecule has 1 saturated carbocycles. The molecule has 1 unspecified atom stereocenters. The maximum atomic E-state index is 10.9. The first kappa shape index (κ1) is 11.0. The molecule has 1 aromatic carbocycles. The lowest BCUT2D eigenvalue weighted by Crippen LogP contribution is -2.08. The highest BCUT2D eigenvalue weighted by atomic mass is 16.6. The van der Waals surface area contributed by atoms with E-state index in [1.807, 2.05) is 0 Å². The molecule has 1 heterocycles. The molecule has 0 aliphatic heterocycles. The number of hydrogen-bond donors (Lipinski definition) is 1. The summed E-state index contributed by atoms with van der Waals surface area (Å²) < 4.78 is 5.48. The Hall–Kier alpha value is -2.11. The fraction of sp³-hybridized carbons (Fsp3) is 0.417. The number of rotatable bonds is 3. The smallest absolute Gasteiger partial charge is 0.298 e. The predicted octanol–water partition coefficient (Wildman–Crippen LogP) is 2.95. The monoisotopic (exact) mass is 247 g/mol. The number of nitrogens with one attached hydrogen (secondary N) is 1. The van der Waals surface area contributed by atoms with Gasteiger partial charge >= 0.3 is 0 Å². The molecule has 0 saturated heterocycles. The van der Waals surface area contributed by atoms with Crippen molar-refractivity contribution >= 4 is 22.8 Å². The highest BCUT2D eigenvalue weighted by Gasteiger charge is 2.46. The van der Waals surface area contributed by atoms with Crippen LogP contribution in [0.15, 0.2) is 22.6 Å². The molecule has 0 amide bonds. The third-order valence-corrected chi connectivity index (χ3v) is 3.41. The van der Waals surface area contributed by atoms with Crippen LogP contribution in [-0.4, -0.2) is 15.9 Å². The SMILES string of the molecule is CC1(C)CC1Nc1nc2c([N+](=O)[O-])cccc2o1. The summed E-state index contributed by atoms with van der Waals surface area (Å²) in [6, 6.07) is 5.38. The van der Waals surface area contributed by atoms with Gasteiger partial charge in [0.25, 0.3) is 11.7 Å². The second-order valence-corrected chi connectivity index (χ2v) is 5.29. The first-order valence-corrected chi connectivity index (χ1v) is 5.78. The van der Waals surface area contributed by atoms with E-state index in [0.717, 1.165) is 6.42 Å². The molecule has 0 spiro atoms. The van der Waals surface area contributed by atoms with Crippen LogP contribution in [0.1, 0.15) is 20.3 Å². The van der Waals surface area contributed by atoms with Gasteiger partial charge < -0.3 is 9.73 Å². The van der Waals surface area contributed by atoms with Crippen molar-refractivity contribution in [2.24, 2.45) is 5.41 Å². The molecule has 1 aromatic heterocycles. The number of anilines is 1. The zero-order valence-corrected chi connectivity index (χ0v) is 10.1. The first-order chi connectivity index (χ1) is 8.47. The number of benzene rings is 1. The Labute approximate surface area is 103 Å². The van der Waals surface area contributed by atoms with E-state index in [1.165, 1.54) is 6.07 Å². The van der Waals surface area contributed by atoms with Gasteiger partial charge in [0.2, 0.25) is 0 Å². The van der Waals surface area contributed by atoms with Crippen LogP contribution in [0.2, 0.25) is 0 Å². The lowest BCUT2D eigenvalue weighted by molar-refractivity contribution is -0.383. The zero-order valence-electron chi connectivity index (χ0n) is 10.1. The van der Waals surface area contributed by atoms with Crippen LogP contribution >= 0.6 is 0 Å². The maximum absolute atomic E-state index is 10.9. The summed E-state index contributed by atoms with van der Waals surface area (Å²) in [6.07, 6.45) is 1.05. The van der Waals surface area contributed by atoms with E-state index in [-0.39, 0.29) is 11.1 Å². The van der Waals surface area contributed by atoms with Gasteiger partial charge in [0.15, 0.2) is 11.1 Å². The fourth-order valence-electron chi connectivity index (χ4n) is 2.01. The maximum Gasteiger partial charge on any atom is 0.298 e. The summed E-state index contributed by atoms with van der Waals surface area (Å²) in [6.45, 7) is 4.30. The Balaban J connectivity index is 1.96. The number of hydrogen-bond acceptors (Lipinski definition) is 5. The highest BCUT2D eigenvalue weighted by molar-refractivity contribution is 5.84. The molecular weight excluding hydrogens is 234 g/mol. The van der Waals surface area contributed by atoms with E-state index in [4.69, 9.17) is 4.42 Å². The van der Waals surface area contributed by atoms with Gasteiger partial charge in [-0.25, -0.2) is 0 Å². The Bertz CT molecular complexity index is 633. The number of oxazole rings is 1. The van der Waals surface area contributed by atoms with Gasteiger partial charge in [0.1, 0.15) is 0 Å². The Kier molecular flexibility index (Phi) is 2.10. The van der Waals surface area contributed by atoms with Gasteiger partial charge in [-0.05, 0) is 17.9 Å². The molecule has 94 valence electrons. The van der Waals surface area contributed by atoms with Crippen LogP contribution < -0.4 is 5.32 Å². The molecule has 1 aliphatic rings. The van der Waals surface area contributed by atoms with Crippen molar-refractivity contribution in [2.75, 3.05) is 5.32 Å². The van der Waals surface area contributed by atoms with E-state index in [9.17, 15) is 10.1 Å². The molecule has 6 nitrogen and oxygen atoms in total. The molecule has 18 heavy (non-hydrogen) atoms. The third-order valence-electron chi connectivity index (χ3n) is 3.41. The number of nitrogens with zero attached hydrogens (tertiary/aromatic N) is 2. The Morgan fingerprint density at radius 1 is 1.56 bits per heavy atom. The van der Waals surface area contributed by atoms with Crippen molar-refractivity contribution in [1.29, 1.82) is 0 Å². The zero-order chi connectivity index (χ0) is 12.9. The molecule has 3 rings (SSSR count). The molecule has 1 atom stereocenters. The van der Waals surface area contributed by atoms with Gasteiger partial charge in [-0.2, -0.15) is 4.98 Å². The summed E-state index contributed by atoms with van der Waals surface area (Å²) in [5, 5.41) is 14.0. The van der Waals surface area contributed by atoms with Gasteiger partial charge in [-0.1, -0.05) is 19.9 Å². The van der Waals surface area contributed by atoms with Crippen molar-refractivity contribution < 1.29 is 9.34 Å². The summed E-state index contributed by atoms with van der Waals surface area (Å²) in [5.74, 6) is 0. The predicted molar refractivity (Wildman–Crippen MR) is 66.5 cm³/mol. The van der Waals surface area contributed by atoms with Crippen LogP contribution in [0, 0.1) is 15.5 Å². The minimum atomic E-state index is -0.449. The standard InChI is InChI=1S/C12H13N3O3/c1-12(2)6-9(12)13-11-14-10-7(15(16)17)4-3-5-8(10)18-11/h3-5,9H,6H2,1-2H3,(H,13,14). The molecule has 0 bridgehead atoms. The van der Waals surface area contributed by atoms with Gasteiger partial charge in [-0.3, -0.25) is 10.1 Å². The Morgan fingerprint density at radius 2 is 2.28 bits per heavy atom. The minimum Gasteiger partial charge on any atom is -0.423 e. The van der Waals surface area contributed by atoms with E-state index >= 15 is 0 Å². The minimum absolute atomic E-state index is 0.0284. The summed E-state index contributed by atoms with van der Waals surface area (Å²) >= 11 is 0. The average molecular weight is 247 g/mol. The van der Waals surface area contributed by atoms with E-state index < -0.39 is 4.92 Å². The van der Waals surface area contributed by atoms with Crippen LogP contribution in [0.25, 0.3) is 11.1 Å². The summed E-state index contributed by atoms with van der Waals surface area (Å²) in [5.41, 5.74) is 0.944. The molecule has 6 heteroatoms. The number of nitro benzene ring substituents is 1. The molecular formula is C12H13N3O3. The fourth-order valence-corrected chi connectivity index (χ4v) is 2.01. The number of para-hydroxylation sites is 1.